The van der Waals surface area contributed by atoms with E-state index in [1.54, 1.807) is 0 Å². The Morgan fingerprint density at radius 2 is 1.89 bits per heavy atom. The summed E-state index contributed by atoms with van der Waals surface area (Å²) in [6, 6.07) is 0. The van der Waals surface area contributed by atoms with Gasteiger partial charge in [0.15, 0.2) is 5.96 Å². The van der Waals surface area contributed by atoms with Crippen LogP contribution in [0.4, 0.5) is 0 Å². The molecular weight excluding hydrogens is 340 g/mol. The number of hydrogen-bond acceptors (Lipinski definition) is 4. The molecule has 3 aliphatic rings. The van der Waals surface area contributed by atoms with Gasteiger partial charge in [0.1, 0.15) is 6.10 Å². The predicted molar refractivity (Wildman–Crippen MR) is 110 cm³/mol. The van der Waals surface area contributed by atoms with Crippen LogP contribution in [0.3, 0.4) is 0 Å². The maximum Gasteiger partial charge on any atom is 0.194 e. The zero-order valence-electron chi connectivity index (χ0n) is 17.9. The monoisotopic (exact) mass is 380 g/mol. The number of rotatable bonds is 5. The number of aliphatic imine (C=N–C) groups is 1. The van der Waals surface area contributed by atoms with Crippen LogP contribution < -0.4 is 5.32 Å². The fourth-order valence-corrected chi connectivity index (χ4v) is 4.52. The third-order valence-electron chi connectivity index (χ3n) is 6.24. The minimum absolute atomic E-state index is 0.0929. The highest BCUT2D eigenvalue weighted by atomic mass is 16.5. The van der Waals surface area contributed by atoms with Crippen molar-refractivity contribution in [3.63, 3.8) is 0 Å². The van der Waals surface area contributed by atoms with Crippen molar-refractivity contribution in [3.05, 3.63) is 0 Å². The van der Waals surface area contributed by atoms with Crippen LogP contribution in [-0.2, 0) is 9.47 Å². The highest BCUT2D eigenvalue weighted by Crippen LogP contribution is 2.25. The van der Waals surface area contributed by atoms with Crippen molar-refractivity contribution >= 4 is 5.96 Å². The number of guanidine groups is 1. The van der Waals surface area contributed by atoms with Gasteiger partial charge in [-0.15, -0.1) is 0 Å². The number of morpholine rings is 1. The largest absolute Gasteiger partial charge is 0.375 e. The normalized spacial score (nSPS) is 31.3. The van der Waals surface area contributed by atoms with Crippen molar-refractivity contribution in [2.24, 2.45) is 10.9 Å². The van der Waals surface area contributed by atoms with Crippen molar-refractivity contribution in [1.29, 1.82) is 0 Å². The highest BCUT2D eigenvalue weighted by Gasteiger charge is 2.33. The Labute approximate surface area is 165 Å². The smallest absolute Gasteiger partial charge is 0.194 e. The van der Waals surface area contributed by atoms with Crippen LogP contribution in [0.15, 0.2) is 4.99 Å². The third kappa shape index (κ3) is 5.58. The quantitative estimate of drug-likeness (QED) is 0.586. The number of ether oxygens (including phenoxy) is 2. The molecule has 0 aliphatic carbocycles. The third-order valence-corrected chi connectivity index (χ3v) is 6.24. The average molecular weight is 381 g/mol. The van der Waals surface area contributed by atoms with Crippen molar-refractivity contribution in [2.75, 3.05) is 52.5 Å². The van der Waals surface area contributed by atoms with Gasteiger partial charge in [-0.1, -0.05) is 6.92 Å². The van der Waals surface area contributed by atoms with Crippen LogP contribution in [0.2, 0.25) is 0 Å². The number of hydrogen-bond donors (Lipinski definition) is 1. The van der Waals surface area contributed by atoms with Gasteiger partial charge in [-0.05, 0) is 58.9 Å². The average Bonchev–Trinajstić information content (AvgIpc) is 3.20. The molecule has 3 fully saturated rings. The van der Waals surface area contributed by atoms with Crippen molar-refractivity contribution in [2.45, 2.75) is 71.1 Å². The minimum Gasteiger partial charge on any atom is -0.375 e. The van der Waals surface area contributed by atoms with E-state index in [9.17, 15) is 0 Å². The molecule has 0 radical (unpaired) electrons. The van der Waals surface area contributed by atoms with Crippen LogP contribution in [0.1, 0.15) is 53.4 Å². The van der Waals surface area contributed by atoms with Crippen molar-refractivity contribution in [3.8, 4) is 0 Å². The van der Waals surface area contributed by atoms with Gasteiger partial charge in [0.25, 0.3) is 0 Å². The molecule has 3 atom stereocenters. The first-order chi connectivity index (χ1) is 13.0. The summed E-state index contributed by atoms with van der Waals surface area (Å²) in [5.41, 5.74) is 0.0929. The lowest BCUT2D eigenvalue weighted by atomic mass is 9.94. The Balaban J connectivity index is 1.62. The Bertz CT molecular complexity index is 491. The van der Waals surface area contributed by atoms with E-state index in [4.69, 9.17) is 14.5 Å². The van der Waals surface area contributed by atoms with Crippen molar-refractivity contribution < 1.29 is 9.47 Å². The first kappa shape index (κ1) is 20.9. The zero-order valence-corrected chi connectivity index (χ0v) is 17.9. The van der Waals surface area contributed by atoms with Crippen LogP contribution in [0.25, 0.3) is 0 Å². The van der Waals surface area contributed by atoms with E-state index < -0.39 is 0 Å². The van der Waals surface area contributed by atoms with Gasteiger partial charge in [0.2, 0.25) is 0 Å². The summed E-state index contributed by atoms with van der Waals surface area (Å²) in [6.45, 7) is 16.7. The number of nitrogens with zero attached hydrogens (tertiary/aromatic N) is 3. The lowest BCUT2D eigenvalue weighted by molar-refractivity contribution is -0.0817. The Morgan fingerprint density at radius 3 is 2.59 bits per heavy atom. The van der Waals surface area contributed by atoms with E-state index >= 15 is 0 Å². The summed E-state index contributed by atoms with van der Waals surface area (Å²) in [5.74, 6) is 1.82. The molecule has 0 spiro atoms. The van der Waals surface area contributed by atoms with Gasteiger partial charge in [-0.3, -0.25) is 9.89 Å². The van der Waals surface area contributed by atoms with Crippen LogP contribution in [0.5, 0.6) is 0 Å². The molecule has 0 saturated carbocycles. The molecule has 3 saturated heterocycles. The standard InChI is InChI=1S/C21H40N4O2/c1-5-22-20(23-16-21(3,4)25-10-6-8-17(2)14-25)24-11-13-27-19(15-24)18-9-7-12-26-18/h17-19H,5-16H2,1-4H3,(H,22,23). The summed E-state index contributed by atoms with van der Waals surface area (Å²) >= 11 is 0. The number of piperidine rings is 1. The molecule has 6 nitrogen and oxygen atoms in total. The molecule has 1 N–H and O–H groups in total. The molecule has 0 aromatic heterocycles. The van der Waals surface area contributed by atoms with Gasteiger partial charge < -0.3 is 19.7 Å². The van der Waals surface area contributed by atoms with E-state index in [2.05, 4.69) is 42.8 Å². The SMILES string of the molecule is CCNC(=NCC(C)(C)N1CCCC(C)C1)N1CCOC(C2CCCO2)C1. The van der Waals surface area contributed by atoms with Crippen LogP contribution in [0, 0.1) is 5.92 Å². The first-order valence-electron chi connectivity index (χ1n) is 11.0. The van der Waals surface area contributed by atoms with Gasteiger partial charge in [0, 0.05) is 38.3 Å². The lowest BCUT2D eigenvalue weighted by Gasteiger charge is -2.42. The molecule has 27 heavy (non-hydrogen) atoms. The van der Waals surface area contributed by atoms with Gasteiger partial charge in [-0.2, -0.15) is 0 Å². The van der Waals surface area contributed by atoms with E-state index in [1.807, 2.05) is 0 Å². The summed E-state index contributed by atoms with van der Waals surface area (Å²) in [4.78, 5) is 10.1. The second-order valence-electron chi connectivity index (χ2n) is 9.08. The molecule has 3 aliphatic heterocycles. The van der Waals surface area contributed by atoms with Gasteiger partial charge in [0.05, 0.1) is 19.3 Å². The minimum atomic E-state index is 0.0929. The molecular formula is C21H40N4O2. The van der Waals surface area contributed by atoms with E-state index in [1.165, 1.54) is 25.9 Å². The maximum absolute atomic E-state index is 6.02. The first-order valence-corrected chi connectivity index (χ1v) is 11.0. The van der Waals surface area contributed by atoms with Crippen molar-refractivity contribution in [1.82, 2.24) is 15.1 Å². The predicted octanol–water partition coefficient (Wildman–Crippen LogP) is 2.34. The van der Waals surface area contributed by atoms with E-state index in [0.29, 0.717) is 0 Å². The van der Waals surface area contributed by atoms with Crippen LogP contribution in [-0.4, -0.2) is 86.0 Å². The molecule has 3 unspecified atom stereocenters. The molecule has 3 rings (SSSR count). The summed E-state index contributed by atoms with van der Waals surface area (Å²) < 4.78 is 11.9. The molecule has 0 aromatic rings. The molecule has 156 valence electrons. The van der Waals surface area contributed by atoms with Gasteiger partial charge >= 0.3 is 0 Å². The molecule has 3 heterocycles. The molecule has 0 aromatic carbocycles. The summed E-state index contributed by atoms with van der Waals surface area (Å²) in [7, 11) is 0. The second-order valence-corrected chi connectivity index (χ2v) is 9.08. The van der Waals surface area contributed by atoms with Gasteiger partial charge in [-0.25, -0.2) is 0 Å². The van der Waals surface area contributed by atoms with E-state index in [-0.39, 0.29) is 17.7 Å². The fourth-order valence-electron chi connectivity index (χ4n) is 4.52. The molecule has 0 bridgehead atoms. The zero-order chi connectivity index (χ0) is 19.3. The highest BCUT2D eigenvalue weighted by molar-refractivity contribution is 5.80. The molecule has 6 heteroatoms. The Kier molecular flexibility index (Phi) is 7.40. The Hall–Kier alpha value is -0.850. The van der Waals surface area contributed by atoms with Crippen LogP contribution >= 0.6 is 0 Å². The number of likely N-dealkylation sites (tertiary alicyclic amines) is 1. The van der Waals surface area contributed by atoms with E-state index in [0.717, 1.165) is 64.1 Å². The second kappa shape index (κ2) is 9.57. The summed E-state index contributed by atoms with van der Waals surface area (Å²) in [6.07, 6.45) is 5.36. The lowest BCUT2D eigenvalue weighted by Crippen LogP contribution is -2.54. The molecule has 0 amide bonds. The topological polar surface area (TPSA) is 49.3 Å². The number of nitrogens with one attached hydrogen (secondary N) is 1. The fraction of sp³-hybridized carbons (Fsp3) is 0.952. The maximum atomic E-state index is 6.02. The Morgan fingerprint density at radius 1 is 1.07 bits per heavy atom. The summed E-state index contributed by atoms with van der Waals surface area (Å²) in [5, 5.41) is 3.51.